The van der Waals surface area contributed by atoms with E-state index in [-0.39, 0.29) is 17.9 Å². The first-order valence-electron chi connectivity index (χ1n) is 10.6. The van der Waals surface area contributed by atoms with Gasteiger partial charge in [0, 0.05) is 12.2 Å². The molecule has 0 spiro atoms. The van der Waals surface area contributed by atoms with Crippen molar-refractivity contribution in [2.24, 2.45) is 5.92 Å². The minimum atomic E-state index is -0.653. The lowest BCUT2D eigenvalue weighted by Gasteiger charge is -2.19. The minimum absolute atomic E-state index is 0.142. The van der Waals surface area contributed by atoms with Gasteiger partial charge in [-0.05, 0) is 48.7 Å². The summed E-state index contributed by atoms with van der Waals surface area (Å²) in [5.74, 6) is -0.284. The van der Waals surface area contributed by atoms with Crippen molar-refractivity contribution in [1.29, 1.82) is 0 Å². The molecule has 0 aliphatic carbocycles. The quantitative estimate of drug-likeness (QED) is 0.579. The van der Waals surface area contributed by atoms with Crippen molar-refractivity contribution in [3.05, 3.63) is 96.1 Å². The summed E-state index contributed by atoms with van der Waals surface area (Å²) in [6.45, 7) is 2.95. The highest BCUT2D eigenvalue weighted by atomic mass is 16.5. The van der Waals surface area contributed by atoms with Gasteiger partial charge >= 0.3 is 0 Å². The lowest BCUT2D eigenvalue weighted by atomic mass is 10.0. The highest BCUT2D eigenvalue weighted by Gasteiger charge is 2.38. The molecule has 2 atom stereocenters. The molecule has 31 heavy (non-hydrogen) atoms. The molecule has 0 radical (unpaired) electrons. The van der Waals surface area contributed by atoms with Gasteiger partial charge in [0.15, 0.2) is 0 Å². The van der Waals surface area contributed by atoms with Gasteiger partial charge in [-0.3, -0.25) is 9.59 Å². The number of carbonyl (C=O) groups is 2. The van der Waals surface area contributed by atoms with Crippen molar-refractivity contribution >= 4 is 17.5 Å². The monoisotopic (exact) mass is 414 g/mol. The van der Waals surface area contributed by atoms with E-state index in [0.717, 1.165) is 22.6 Å². The van der Waals surface area contributed by atoms with Crippen LogP contribution in [0.4, 0.5) is 5.69 Å². The molecule has 4 rings (SSSR count). The Balaban J connectivity index is 1.34. The van der Waals surface area contributed by atoms with Crippen LogP contribution < -0.4 is 15.0 Å². The van der Waals surface area contributed by atoms with Crippen LogP contribution in [0.5, 0.6) is 5.75 Å². The Morgan fingerprint density at radius 3 is 2.32 bits per heavy atom. The van der Waals surface area contributed by atoms with E-state index in [1.54, 1.807) is 4.90 Å². The second-order valence-corrected chi connectivity index (χ2v) is 7.74. The predicted octanol–water partition coefficient (Wildman–Crippen LogP) is 4.50. The topological polar surface area (TPSA) is 58.6 Å². The fourth-order valence-corrected chi connectivity index (χ4v) is 3.78. The Labute approximate surface area is 182 Å². The lowest BCUT2D eigenvalue weighted by Crippen LogP contribution is -2.38. The van der Waals surface area contributed by atoms with E-state index < -0.39 is 5.92 Å². The average Bonchev–Trinajstić information content (AvgIpc) is 3.20. The van der Waals surface area contributed by atoms with Crippen molar-refractivity contribution in [2.45, 2.75) is 26.0 Å². The minimum Gasteiger partial charge on any atom is -0.489 e. The van der Waals surface area contributed by atoms with E-state index in [2.05, 4.69) is 5.32 Å². The molecule has 0 bridgehead atoms. The predicted molar refractivity (Wildman–Crippen MR) is 121 cm³/mol. The number of benzene rings is 3. The van der Waals surface area contributed by atoms with Gasteiger partial charge in [0.05, 0.1) is 6.04 Å². The standard InChI is InChI=1S/C26H26N2O3/c1-19(21-10-6-3-7-11-21)27-25(29)24-16-17-28(26(24)30)22-12-14-23(15-13-22)31-18-20-8-4-2-5-9-20/h2-15,19,24H,16-18H2,1H3,(H,27,29)/t19-,24-/m0/s1. The van der Waals surface area contributed by atoms with Crippen LogP contribution in [-0.4, -0.2) is 18.4 Å². The molecule has 2 amide bonds. The van der Waals surface area contributed by atoms with Gasteiger partial charge < -0.3 is 15.0 Å². The van der Waals surface area contributed by atoms with Crippen LogP contribution in [0.2, 0.25) is 0 Å². The summed E-state index contributed by atoms with van der Waals surface area (Å²) in [7, 11) is 0. The molecule has 0 aromatic heterocycles. The van der Waals surface area contributed by atoms with E-state index in [1.807, 2.05) is 91.9 Å². The first-order valence-corrected chi connectivity index (χ1v) is 10.6. The number of ether oxygens (including phenoxy) is 1. The summed E-state index contributed by atoms with van der Waals surface area (Å²) < 4.78 is 5.81. The lowest BCUT2D eigenvalue weighted by molar-refractivity contribution is -0.132. The van der Waals surface area contributed by atoms with Gasteiger partial charge in [0.1, 0.15) is 18.3 Å². The summed E-state index contributed by atoms with van der Waals surface area (Å²) in [4.78, 5) is 27.3. The van der Waals surface area contributed by atoms with Crippen molar-refractivity contribution < 1.29 is 14.3 Å². The average molecular weight is 415 g/mol. The molecule has 0 saturated carbocycles. The molecule has 5 nitrogen and oxygen atoms in total. The number of nitrogens with one attached hydrogen (secondary N) is 1. The molecule has 0 unspecified atom stereocenters. The first kappa shape index (κ1) is 20.7. The highest BCUT2D eigenvalue weighted by molar-refractivity contribution is 6.09. The molecule has 3 aromatic carbocycles. The molecule has 5 heteroatoms. The van der Waals surface area contributed by atoms with E-state index in [9.17, 15) is 9.59 Å². The van der Waals surface area contributed by atoms with Gasteiger partial charge in [-0.1, -0.05) is 60.7 Å². The van der Waals surface area contributed by atoms with E-state index in [4.69, 9.17) is 4.74 Å². The van der Waals surface area contributed by atoms with Crippen molar-refractivity contribution in [3.63, 3.8) is 0 Å². The zero-order chi connectivity index (χ0) is 21.6. The second-order valence-electron chi connectivity index (χ2n) is 7.74. The van der Waals surface area contributed by atoms with E-state index >= 15 is 0 Å². The normalized spacial score (nSPS) is 16.7. The molecule has 158 valence electrons. The Hall–Kier alpha value is -3.60. The van der Waals surface area contributed by atoms with Crippen LogP contribution in [0.25, 0.3) is 0 Å². The van der Waals surface area contributed by atoms with Gasteiger partial charge in [-0.2, -0.15) is 0 Å². The number of anilines is 1. The summed E-state index contributed by atoms with van der Waals surface area (Å²) in [6.07, 6.45) is 0.512. The Morgan fingerprint density at radius 2 is 1.65 bits per heavy atom. The van der Waals surface area contributed by atoms with Crippen LogP contribution in [0.1, 0.15) is 30.5 Å². The Morgan fingerprint density at radius 1 is 1.00 bits per heavy atom. The molecule has 1 aliphatic rings. The van der Waals surface area contributed by atoms with E-state index in [1.165, 1.54) is 0 Å². The van der Waals surface area contributed by atoms with Crippen LogP contribution >= 0.6 is 0 Å². The maximum Gasteiger partial charge on any atom is 0.239 e. The van der Waals surface area contributed by atoms with E-state index in [0.29, 0.717) is 19.6 Å². The summed E-state index contributed by atoms with van der Waals surface area (Å²) in [5, 5.41) is 2.98. The third-order valence-corrected chi connectivity index (χ3v) is 5.58. The smallest absolute Gasteiger partial charge is 0.239 e. The molecule has 3 aromatic rings. The molecule has 1 aliphatic heterocycles. The zero-order valence-electron chi connectivity index (χ0n) is 17.5. The summed E-state index contributed by atoms with van der Waals surface area (Å²) >= 11 is 0. The number of carbonyl (C=O) groups excluding carboxylic acids is 2. The second kappa shape index (κ2) is 9.47. The molecular weight excluding hydrogens is 388 g/mol. The number of hydrogen-bond acceptors (Lipinski definition) is 3. The van der Waals surface area contributed by atoms with Crippen molar-refractivity contribution in [3.8, 4) is 5.75 Å². The van der Waals surface area contributed by atoms with Gasteiger partial charge in [0.25, 0.3) is 0 Å². The Kier molecular flexibility index (Phi) is 6.32. The van der Waals surface area contributed by atoms with Crippen LogP contribution in [-0.2, 0) is 16.2 Å². The fourth-order valence-electron chi connectivity index (χ4n) is 3.78. The SMILES string of the molecule is C[C@H](NC(=O)[C@@H]1CCN(c2ccc(OCc3ccccc3)cc2)C1=O)c1ccccc1. The molecular formula is C26H26N2O3. The largest absolute Gasteiger partial charge is 0.489 e. The summed E-state index contributed by atoms with van der Waals surface area (Å²) in [5.41, 5.74) is 2.90. The molecule has 1 N–H and O–H groups in total. The summed E-state index contributed by atoms with van der Waals surface area (Å²) in [6, 6.07) is 27.0. The molecule has 1 saturated heterocycles. The first-order chi connectivity index (χ1) is 15.1. The fraction of sp³-hybridized carbons (Fsp3) is 0.231. The highest BCUT2D eigenvalue weighted by Crippen LogP contribution is 2.28. The third-order valence-electron chi connectivity index (χ3n) is 5.58. The number of hydrogen-bond donors (Lipinski definition) is 1. The molecule has 1 fully saturated rings. The van der Waals surface area contributed by atoms with Crippen molar-refractivity contribution in [1.82, 2.24) is 5.32 Å². The van der Waals surface area contributed by atoms with Crippen molar-refractivity contribution in [2.75, 3.05) is 11.4 Å². The third kappa shape index (κ3) is 4.94. The zero-order valence-corrected chi connectivity index (χ0v) is 17.5. The van der Waals surface area contributed by atoms with Gasteiger partial charge in [0.2, 0.25) is 11.8 Å². The maximum absolute atomic E-state index is 12.9. The number of rotatable bonds is 7. The van der Waals surface area contributed by atoms with Crippen LogP contribution in [0.3, 0.4) is 0 Å². The number of amides is 2. The van der Waals surface area contributed by atoms with Crippen LogP contribution in [0, 0.1) is 5.92 Å². The van der Waals surface area contributed by atoms with Gasteiger partial charge in [-0.25, -0.2) is 0 Å². The maximum atomic E-state index is 12.9. The Bertz CT molecular complexity index is 1020. The molecule has 1 heterocycles. The van der Waals surface area contributed by atoms with Gasteiger partial charge in [-0.15, -0.1) is 0 Å². The number of nitrogens with zero attached hydrogens (tertiary/aromatic N) is 1. The van der Waals surface area contributed by atoms with Crippen LogP contribution in [0.15, 0.2) is 84.9 Å².